The van der Waals surface area contributed by atoms with Gasteiger partial charge in [0.05, 0.1) is 5.69 Å². The molecule has 5 heteroatoms. The highest BCUT2D eigenvalue weighted by atomic mass is 16.6. The Labute approximate surface area is 165 Å². The van der Waals surface area contributed by atoms with Crippen molar-refractivity contribution in [2.45, 2.75) is 13.3 Å². The molecule has 146 valence electrons. The van der Waals surface area contributed by atoms with E-state index in [1.54, 1.807) is 0 Å². The van der Waals surface area contributed by atoms with Gasteiger partial charge in [-0.3, -0.25) is 4.90 Å². The third-order valence-electron chi connectivity index (χ3n) is 5.95. The molecule has 2 aliphatic heterocycles. The third kappa shape index (κ3) is 3.20. The maximum Gasteiger partial charge on any atom is 0.184 e. The maximum atomic E-state index is 5.90. The first-order valence-corrected chi connectivity index (χ1v) is 10.2. The maximum absolute atomic E-state index is 5.90. The van der Waals surface area contributed by atoms with Crippen molar-refractivity contribution in [3.8, 4) is 11.5 Å². The molecule has 0 atom stereocenters. The molecule has 0 spiro atoms. The molecule has 0 aliphatic carbocycles. The lowest BCUT2D eigenvalue weighted by molar-refractivity contribution is 0.171. The number of fused-ring (bicyclic) bond motifs is 2. The fraction of sp³-hybridized carbons (Fsp3) is 0.391. The number of piperazine rings is 1. The van der Waals surface area contributed by atoms with E-state index >= 15 is 0 Å². The lowest BCUT2D eigenvalue weighted by atomic mass is 10.1. The first kappa shape index (κ1) is 17.4. The number of hydrogen-bond donors (Lipinski definition) is 1. The zero-order valence-corrected chi connectivity index (χ0v) is 16.4. The van der Waals surface area contributed by atoms with E-state index in [0.717, 1.165) is 50.6 Å². The monoisotopic (exact) mass is 377 g/mol. The number of para-hydroxylation sites is 1. The van der Waals surface area contributed by atoms with E-state index < -0.39 is 0 Å². The van der Waals surface area contributed by atoms with Crippen LogP contribution < -0.4 is 14.4 Å². The van der Waals surface area contributed by atoms with Crippen LogP contribution in [0, 0.1) is 6.92 Å². The van der Waals surface area contributed by atoms with Gasteiger partial charge in [-0.1, -0.05) is 18.2 Å². The SMILES string of the molecule is Cc1cccc2[nH]cc(CCN3CCN(c4cccc5c4OCCO5)CC3)c12. The predicted molar refractivity (Wildman–Crippen MR) is 113 cm³/mol. The average molecular weight is 377 g/mol. The molecular weight excluding hydrogens is 350 g/mol. The highest BCUT2D eigenvalue weighted by molar-refractivity contribution is 5.86. The van der Waals surface area contributed by atoms with Crippen molar-refractivity contribution in [3.05, 3.63) is 53.7 Å². The first-order valence-electron chi connectivity index (χ1n) is 10.2. The molecule has 0 amide bonds. The Morgan fingerprint density at radius 2 is 1.79 bits per heavy atom. The van der Waals surface area contributed by atoms with Crippen LogP contribution in [0.25, 0.3) is 10.9 Å². The Bertz CT molecular complexity index is 973. The molecule has 5 nitrogen and oxygen atoms in total. The Balaban J connectivity index is 1.22. The van der Waals surface area contributed by atoms with Crippen molar-refractivity contribution in [1.82, 2.24) is 9.88 Å². The van der Waals surface area contributed by atoms with E-state index in [1.165, 1.54) is 27.7 Å². The summed E-state index contributed by atoms with van der Waals surface area (Å²) in [5.74, 6) is 1.79. The summed E-state index contributed by atoms with van der Waals surface area (Å²) in [5.41, 5.74) is 5.20. The van der Waals surface area contributed by atoms with E-state index in [4.69, 9.17) is 9.47 Å². The molecular formula is C23H27N3O2. The fourth-order valence-electron chi connectivity index (χ4n) is 4.45. The number of ether oxygens (including phenoxy) is 2. The molecule has 1 N–H and O–H groups in total. The van der Waals surface area contributed by atoms with Crippen LogP contribution in [0.5, 0.6) is 11.5 Å². The molecule has 2 aromatic carbocycles. The third-order valence-corrected chi connectivity index (χ3v) is 5.95. The Hall–Kier alpha value is -2.66. The van der Waals surface area contributed by atoms with Crippen LogP contribution in [0.2, 0.25) is 0 Å². The van der Waals surface area contributed by atoms with E-state index in [2.05, 4.69) is 58.2 Å². The molecule has 0 saturated carbocycles. The minimum atomic E-state index is 0.633. The molecule has 3 heterocycles. The summed E-state index contributed by atoms with van der Waals surface area (Å²) in [6.07, 6.45) is 3.27. The molecule has 5 rings (SSSR count). The standard InChI is InChI=1S/C23H27N3O2/c1-17-4-2-5-19-22(17)18(16-24-19)8-9-25-10-12-26(13-11-25)20-6-3-7-21-23(20)28-15-14-27-21/h2-7,16,24H,8-15H2,1H3. The minimum absolute atomic E-state index is 0.633. The fourth-order valence-corrected chi connectivity index (χ4v) is 4.45. The predicted octanol–water partition coefficient (Wildman–Crippen LogP) is 3.61. The van der Waals surface area contributed by atoms with E-state index in [9.17, 15) is 0 Å². The number of aromatic nitrogens is 1. The smallest absolute Gasteiger partial charge is 0.184 e. The summed E-state index contributed by atoms with van der Waals surface area (Å²) >= 11 is 0. The number of aryl methyl sites for hydroxylation is 1. The Morgan fingerprint density at radius 1 is 0.964 bits per heavy atom. The van der Waals surface area contributed by atoms with Gasteiger partial charge in [-0.05, 0) is 42.7 Å². The summed E-state index contributed by atoms with van der Waals surface area (Å²) in [6.45, 7) is 8.76. The van der Waals surface area contributed by atoms with Gasteiger partial charge in [0, 0.05) is 49.8 Å². The molecule has 3 aromatic rings. The number of benzene rings is 2. The Kier molecular flexibility index (Phi) is 4.61. The van der Waals surface area contributed by atoms with Crippen LogP contribution in [0.1, 0.15) is 11.1 Å². The lowest BCUT2D eigenvalue weighted by Gasteiger charge is -2.37. The number of H-pyrrole nitrogens is 1. The number of aromatic amines is 1. The number of anilines is 1. The van der Waals surface area contributed by atoms with Gasteiger partial charge in [-0.15, -0.1) is 0 Å². The second-order valence-electron chi connectivity index (χ2n) is 7.69. The van der Waals surface area contributed by atoms with Crippen LogP contribution >= 0.6 is 0 Å². The summed E-state index contributed by atoms with van der Waals surface area (Å²) in [4.78, 5) is 8.42. The number of nitrogens with one attached hydrogen (secondary N) is 1. The number of rotatable bonds is 4. The van der Waals surface area contributed by atoms with Gasteiger partial charge in [0.15, 0.2) is 11.5 Å². The molecule has 2 aliphatic rings. The average Bonchev–Trinajstić information content (AvgIpc) is 3.17. The van der Waals surface area contributed by atoms with Gasteiger partial charge < -0.3 is 19.4 Å². The van der Waals surface area contributed by atoms with Crippen molar-refractivity contribution in [2.75, 3.05) is 50.8 Å². The van der Waals surface area contributed by atoms with Crippen LogP contribution in [0.3, 0.4) is 0 Å². The highest BCUT2D eigenvalue weighted by Gasteiger charge is 2.23. The lowest BCUT2D eigenvalue weighted by Crippen LogP contribution is -2.47. The number of nitrogens with zero attached hydrogens (tertiary/aromatic N) is 2. The van der Waals surface area contributed by atoms with E-state index in [0.29, 0.717) is 13.2 Å². The van der Waals surface area contributed by atoms with Crippen LogP contribution in [0.15, 0.2) is 42.6 Å². The summed E-state index contributed by atoms with van der Waals surface area (Å²) < 4.78 is 11.6. The molecule has 28 heavy (non-hydrogen) atoms. The summed E-state index contributed by atoms with van der Waals surface area (Å²) in [6, 6.07) is 12.7. The van der Waals surface area contributed by atoms with Crippen molar-refractivity contribution in [1.29, 1.82) is 0 Å². The van der Waals surface area contributed by atoms with Gasteiger partial charge >= 0.3 is 0 Å². The van der Waals surface area contributed by atoms with Gasteiger partial charge in [-0.25, -0.2) is 0 Å². The van der Waals surface area contributed by atoms with Gasteiger partial charge in [-0.2, -0.15) is 0 Å². The zero-order chi connectivity index (χ0) is 18.9. The van der Waals surface area contributed by atoms with Crippen LogP contribution in [-0.2, 0) is 6.42 Å². The highest BCUT2D eigenvalue weighted by Crippen LogP contribution is 2.39. The molecule has 0 unspecified atom stereocenters. The molecule has 1 fully saturated rings. The second kappa shape index (κ2) is 7.40. The quantitative estimate of drug-likeness (QED) is 0.754. The largest absolute Gasteiger partial charge is 0.486 e. The van der Waals surface area contributed by atoms with Crippen molar-refractivity contribution in [3.63, 3.8) is 0 Å². The van der Waals surface area contributed by atoms with E-state index in [1.807, 2.05) is 6.07 Å². The molecule has 1 saturated heterocycles. The Morgan fingerprint density at radius 3 is 2.68 bits per heavy atom. The first-order chi connectivity index (χ1) is 13.8. The summed E-state index contributed by atoms with van der Waals surface area (Å²) in [7, 11) is 0. The van der Waals surface area contributed by atoms with Gasteiger partial charge in [0.25, 0.3) is 0 Å². The topological polar surface area (TPSA) is 40.7 Å². The van der Waals surface area contributed by atoms with Gasteiger partial charge in [0.2, 0.25) is 0 Å². The van der Waals surface area contributed by atoms with Crippen molar-refractivity contribution < 1.29 is 9.47 Å². The zero-order valence-electron chi connectivity index (χ0n) is 16.4. The second-order valence-corrected chi connectivity index (χ2v) is 7.69. The molecule has 1 aromatic heterocycles. The van der Waals surface area contributed by atoms with Gasteiger partial charge in [0.1, 0.15) is 13.2 Å². The van der Waals surface area contributed by atoms with Crippen molar-refractivity contribution >= 4 is 16.6 Å². The molecule has 0 bridgehead atoms. The minimum Gasteiger partial charge on any atom is -0.486 e. The van der Waals surface area contributed by atoms with Crippen LogP contribution in [-0.4, -0.2) is 55.8 Å². The van der Waals surface area contributed by atoms with E-state index in [-0.39, 0.29) is 0 Å². The normalized spacial score (nSPS) is 17.2. The molecule has 0 radical (unpaired) electrons. The van der Waals surface area contributed by atoms with Crippen molar-refractivity contribution in [2.24, 2.45) is 0 Å². The summed E-state index contributed by atoms with van der Waals surface area (Å²) in [5, 5.41) is 1.40. The van der Waals surface area contributed by atoms with Crippen LogP contribution in [0.4, 0.5) is 5.69 Å². The number of hydrogen-bond acceptors (Lipinski definition) is 4.